The number of esters is 1. The molecule has 3 fully saturated rings. The van der Waals surface area contributed by atoms with Crippen LogP contribution in [0.3, 0.4) is 0 Å². The van der Waals surface area contributed by atoms with Crippen molar-refractivity contribution in [2.24, 2.45) is 11.8 Å². The Morgan fingerprint density at radius 2 is 0.744 bits per heavy atom. The van der Waals surface area contributed by atoms with Crippen molar-refractivity contribution in [1.82, 2.24) is 0 Å². The zero-order chi connectivity index (χ0) is 27.8. The predicted molar refractivity (Wildman–Crippen MR) is 155 cm³/mol. The third-order valence-corrected chi connectivity index (χ3v) is 9.69. The highest BCUT2D eigenvalue weighted by molar-refractivity contribution is 5.91. The Balaban J connectivity index is 1.95. The number of alkyl halides is 3. The number of halogens is 3. The molecule has 0 aromatic carbocycles. The van der Waals surface area contributed by atoms with E-state index in [-0.39, 0.29) is 17.9 Å². The van der Waals surface area contributed by atoms with Crippen LogP contribution >= 0.6 is 0 Å². The van der Waals surface area contributed by atoms with E-state index in [0.29, 0.717) is 18.4 Å². The molecule has 5 heteroatoms. The van der Waals surface area contributed by atoms with Crippen LogP contribution in [0, 0.1) is 11.8 Å². The lowest BCUT2D eigenvalue weighted by Crippen LogP contribution is -2.32. The molecule has 0 unspecified atom stereocenters. The molecule has 0 aromatic heterocycles. The van der Waals surface area contributed by atoms with Crippen LogP contribution in [0.25, 0.3) is 0 Å². The SMILES string of the molecule is O=C(OC1CCCCCCCCC1)C(=C(C1CCCCCCCCC1)C1CCCCCCCCC1)C(F)(F)F. The van der Waals surface area contributed by atoms with Crippen LogP contribution in [-0.4, -0.2) is 18.2 Å². The summed E-state index contributed by atoms with van der Waals surface area (Å²) in [7, 11) is 0. The van der Waals surface area contributed by atoms with E-state index in [1.807, 2.05) is 0 Å². The maximum atomic E-state index is 15.0. The summed E-state index contributed by atoms with van der Waals surface area (Å²) >= 11 is 0. The van der Waals surface area contributed by atoms with E-state index in [1.54, 1.807) is 0 Å². The Kier molecular flexibility index (Phi) is 15.4. The third-order valence-electron chi connectivity index (χ3n) is 9.69. The Bertz CT molecular complexity index is 656. The van der Waals surface area contributed by atoms with Gasteiger partial charge in [-0.2, -0.15) is 13.2 Å². The van der Waals surface area contributed by atoms with Crippen LogP contribution in [0.2, 0.25) is 0 Å². The molecule has 0 aliphatic heterocycles. The summed E-state index contributed by atoms with van der Waals surface area (Å²) in [6.07, 6.45) is 22.4. The summed E-state index contributed by atoms with van der Waals surface area (Å²) in [5.74, 6) is -1.36. The summed E-state index contributed by atoms with van der Waals surface area (Å²) in [5.41, 5.74) is -0.447. The van der Waals surface area contributed by atoms with Crippen molar-refractivity contribution >= 4 is 5.97 Å². The molecule has 0 saturated heterocycles. The fourth-order valence-electron chi connectivity index (χ4n) is 7.48. The van der Waals surface area contributed by atoms with Crippen molar-refractivity contribution in [3.63, 3.8) is 0 Å². The smallest absolute Gasteiger partial charge is 0.423 e. The van der Waals surface area contributed by atoms with Crippen molar-refractivity contribution in [2.45, 2.75) is 186 Å². The van der Waals surface area contributed by atoms with Gasteiger partial charge in [-0.3, -0.25) is 0 Å². The van der Waals surface area contributed by atoms with Gasteiger partial charge in [-0.25, -0.2) is 4.79 Å². The number of ether oxygens (including phenoxy) is 1. The molecule has 0 heterocycles. The third kappa shape index (κ3) is 12.2. The van der Waals surface area contributed by atoms with E-state index in [0.717, 1.165) is 103 Å². The molecule has 0 aromatic rings. The van der Waals surface area contributed by atoms with E-state index in [4.69, 9.17) is 4.74 Å². The topological polar surface area (TPSA) is 26.3 Å². The van der Waals surface area contributed by atoms with E-state index >= 15 is 13.2 Å². The summed E-state index contributed by atoms with van der Waals surface area (Å²) < 4.78 is 51.0. The average Bonchev–Trinajstić information content (AvgIpc) is 2.91. The molecule has 2 nitrogen and oxygen atoms in total. The molecule has 0 radical (unpaired) electrons. The van der Waals surface area contributed by atoms with Gasteiger partial charge in [0.25, 0.3) is 0 Å². The van der Waals surface area contributed by atoms with Crippen molar-refractivity contribution in [3.05, 3.63) is 11.1 Å². The monoisotopic (exact) mass is 554 g/mol. The van der Waals surface area contributed by atoms with Gasteiger partial charge in [-0.15, -0.1) is 0 Å². The second-order valence-electron chi connectivity index (χ2n) is 12.9. The highest BCUT2D eigenvalue weighted by Crippen LogP contribution is 2.43. The number of hydrogen-bond donors (Lipinski definition) is 0. The molecule has 3 saturated carbocycles. The molecular weight excluding hydrogens is 497 g/mol. The molecule has 0 amide bonds. The van der Waals surface area contributed by atoms with Gasteiger partial charge < -0.3 is 4.74 Å². The minimum absolute atomic E-state index is 0.149. The zero-order valence-corrected chi connectivity index (χ0v) is 24.8. The Morgan fingerprint density at radius 3 is 1.05 bits per heavy atom. The lowest BCUT2D eigenvalue weighted by molar-refractivity contribution is -0.157. The lowest BCUT2D eigenvalue weighted by Gasteiger charge is -2.32. The van der Waals surface area contributed by atoms with Crippen LogP contribution in [0.1, 0.15) is 173 Å². The van der Waals surface area contributed by atoms with Crippen molar-refractivity contribution in [3.8, 4) is 0 Å². The molecule has 0 N–H and O–H groups in total. The van der Waals surface area contributed by atoms with E-state index in [2.05, 4.69) is 0 Å². The molecule has 3 aliphatic rings. The molecule has 3 rings (SSSR count). The van der Waals surface area contributed by atoms with Crippen molar-refractivity contribution in [1.29, 1.82) is 0 Å². The Labute approximate surface area is 237 Å². The molecule has 3 aliphatic carbocycles. The second kappa shape index (κ2) is 18.4. The van der Waals surface area contributed by atoms with Gasteiger partial charge in [0, 0.05) is 0 Å². The summed E-state index contributed by atoms with van der Waals surface area (Å²) in [5, 5.41) is 0. The maximum absolute atomic E-state index is 15.0. The molecule has 0 bridgehead atoms. The summed E-state index contributed by atoms with van der Waals surface area (Å²) in [6, 6.07) is 0. The van der Waals surface area contributed by atoms with Crippen LogP contribution in [0.4, 0.5) is 13.2 Å². The largest absolute Gasteiger partial charge is 0.459 e. The highest BCUT2D eigenvalue weighted by atomic mass is 19.4. The Morgan fingerprint density at radius 1 is 0.462 bits per heavy atom. The first kappa shape index (κ1) is 32.5. The van der Waals surface area contributed by atoms with Crippen molar-refractivity contribution < 1.29 is 22.7 Å². The lowest BCUT2D eigenvalue weighted by atomic mass is 9.74. The first-order valence-electron chi connectivity index (χ1n) is 17.0. The van der Waals surface area contributed by atoms with Crippen LogP contribution in [0.15, 0.2) is 11.1 Å². The minimum Gasteiger partial charge on any atom is -0.459 e. The summed E-state index contributed by atoms with van der Waals surface area (Å²) in [6.45, 7) is 0. The van der Waals surface area contributed by atoms with Crippen molar-refractivity contribution in [2.75, 3.05) is 0 Å². The van der Waals surface area contributed by atoms with Gasteiger partial charge in [0.1, 0.15) is 11.7 Å². The van der Waals surface area contributed by atoms with Gasteiger partial charge >= 0.3 is 12.1 Å². The normalized spacial score (nSPS) is 23.9. The predicted octanol–water partition coefficient (Wildman–Crippen LogP) is 11.6. The zero-order valence-electron chi connectivity index (χ0n) is 24.8. The molecule has 39 heavy (non-hydrogen) atoms. The van der Waals surface area contributed by atoms with Gasteiger partial charge in [0.2, 0.25) is 0 Å². The van der Waals surface area contributed by atoms with E-state index < -0.39 is 17.7 Å². The average molecular weight is 555 g/mol. The van der Waals surface area contributed by atoms with Crippen LogP contribution in [0.5, 0.6) is 0 Å². The standard InChI is InChI=1S/C34H57F3O2/c35-34(36,37)32(33(38)39-30-26-20-14-8-3-9-15-21-27-30)31(28-22-16-10-4-1-5-11-17-23-28)29-24-18-12-6-2-7-13-19-25-29/h28-30H,1-27H2. The quantitative estimate of drug-likeness (QED) is 0.255. The minimum atomic E-state index is -4.67. The first-order valence-corrected chi connectivity index (χ1v) is 17.0. The number of carbonyl (C=O) groups is 1. The molecule has 0 spiro atoms. The first-order chi connectivity index (χ1) is 19.0. The maximum Gasteiger partial charge on any atom is 0.423 e. The van der Waals surface area contributed by atoms with Crippen LogP contribution in [-0.2, 0) is 9.53 Å². The molecule has 226 valence electrons. The van der Waals surface area contributed by atoms with Gasteiger partial charge in [0.05, 0.1) is 0 Å². The number of hydrogen-bond acceptors (Lipinski definition) is 2. The molecule has 0 atom stereocenters. The fraction of sp³-hybridized carbons (Fsp3) is 0.912. The fourth-order valence-corrected chi connectivity index (χ4v) is 7.48. The van der Waals surface area contributed by atoms with Gasteiger partial charge in [0.15, 0.2) is 0 Å². The van der Waals surface area contributed by atoms with Gasteiger partial charge in [-0.05, 0) is 68.8 Å². The van der Waals surface area contributed by atoms with Crippen LogP contribution < -0.4 is 0 Å². The Hall–Kier alpha value is -1.00. The number of rotatable bonds is 4. The second-order valence-corrected chi connectivity index (χ2v) is 12.9. The van der Waals surface area contributed by atoms with Gasteiger partial charge in [-0.1, -0.05) is 122 Å². The molecular formula is C34H57F3O2. The number of allylic oxidation sites excluding steroid dienone is 1. The highest BCUT2D eigenvalue weighted by Gasteiger charge is 2.45. The van der Waals surface area contributed by atoms with E-state index in [9.17, 15) is 4.79 Å². The van der Waals surface area contributed by atoms with E-state index in [1.165, 1.54) is 57.8 Å². The summed E-state index contributed by atoms with van der Waals surface area (Å²) in [4.78, 5) is 13.7. The number of carbonyl (C=O) groups excluding carboxylic acids is 1.